The molecule has 0 saturated heterocycles. The van der Waals surface area contributed by atoms with Crippen LogP contribution >= 0.6 is 23.4 Å². The average molecular weight is 185 g/mol. The van der Waals surface area contributed by atoms with Gasteiger partial charge in [0.15, 0.2) is 0 Å². The molecule has 0 aliphatic rings. The first-order valence-electron chi connectivity index (χ1n) is 3.28. The van der Waals surface area contributed by atoms with E-state index >= 15 is 0 Å². The van der Waals surface area contributed by atoms with Crippen LogP contribution < -0.4 is 0 Å². The molecule has 0 N–H and O–H groups in total. The van der Waals surface area contributed by atoms with E-state index in [-0.39, 0.29) is 0 Å². The maximum atomic E-state index is 5.90. The van der Waals surface area contributed by atoms with E-state index in [1.54, 1.807) is 11.8 Å². The Morgan fingerprint density at radius 1 is 1.36 bits per heavy atom. The molecular formula is C9H9ClS. The molecule has 2 heteroatoms. The van der Waals surface area contributed by atoms with E-state index in [4.69, 9.17) is 11.6 Å². The molecule has 11 heavy (non-hydrogen) atoms. The molecule has 0 bridgehead atoms. The van der Waals surface area contributed by atoms with Gasteiger partial charge in [0.2, 0.25) is 0 Å². The van der Waals surface area contributed by atoms with Crippen LogP contribution in [-0.4, -0.2) is 6.26 Å². The summed E-state index contributed by atoms with van der Waals surface area (Å²) in [5.41, 5.74) is 1.07. The van der Waals surface area contributed by atoms with Crippen molar-refractivity contribution in [3.8, 4) is 0 Å². The van der Waals surface area contributed by atoms with Gasteiger partial charge >= 0.3 is 0 Å². The Balaban J connectivity index is 2.86. The first kappa shape index (κ1) is 8.69. The predicted octanol–water partition coefficient (Wildman–Crippen LogP) is 3.67. The standard InChI is InChI=1S/C9H9ClS/c1-11-7-6-8-4-2-3-5-9(8)10/h2-7H,1H3. The van der Waals surface area contributed by atoms with Crippen molar-refractivity contribution in [1.29, 1.82) is 0 Å². The van der Waals surface area contributed by atoms with E-state index in [1.807, 2.05) is 42.0 Å². The van der Waals surface area contributed by atoms with Crippen molar-refractivity contribution in [2.75, 3.05) is 6.26 Å². The maximum absolute atomic E-state index is 5.90. The van der Waals surface area contributed by atoms with Crippen LogP contribution in [-0.2, 0) is 0 Å². The number of halogens is 1. The molecule has 0 radical (unpaired) electrons. The third kappa shape index (κ3) is 2.60. The Hall–Kier alpha value is -0.400. The molecule has 58 valence electrons. The lowest BCUT2D eigenvalue weighted by molar-refractivity contribution is 1.66. The molecule has 0 unspecified atom stereocenters. The van der Waals surface area contributed by atoms with E-state index in [2.05, 4.69) is 0 Å². The van der Waals surface area contributed by atoms with Crippen molar-refractivity contribution in [3.63, 3.8) is 0 Å². The Bertz CT molecular complexity index is 255. The SMILES string of the molecule is CSC=Cc1ccccc1Cl. The zero-order valence-corrected chi connectivity index (χ0v) is 7.82. The minimum Gasteiger partial charge on any atom is -0.138 e. The molecule has 0 atom stereocenters. The molecule has 0 fully saturated rings. The summed E-state index contributed by atoms with van der Waals surface area (Å²) in [5.74, 6) is 0. The first-order chi connectivity index (χ1) is 5.34. The van der Waals surface area contributed by atoms with Crippen LogP contribution in [0, 0.1) is 0 Å². The number of hydrogen-bond donors (Lipinski definition) is 0. The van der Waals surface area contributed by atoms with E-state index in [0.717, 1.165) is 10.6 Å². The van der Waals surface area contributed by atoms with E-state index in [9.17, 15) is 0 Å². The lowest BCUT2D eigenvalue weighted by Crippen LogP contribution is -1.71. The minimum absolute atomic E-state index is 0.804. The Morgan fingerprint density at radius 2 is 2.09 bits per heavy atom. The van der Waals surface area contributed by atoms with Crippen molar-refractivity contribution in [2.24, 2.45) is 0 Å². The molecule has 0 nitrogen and oxygen atoms in total. The monoisotopic (exact) mass is 184 g/mol. The molecule has 0 spiro atoms. The molecule has 0 aliphatic heterocycles. The summed E-state index contributed by atoms with van der Waals surface area (Å²) in [6.45, 7) is 0. The Labute approximate surface area is 76.3 Å². The minimum atomic E-state index is 0.804. The molecule has 0 heterocycles. The second-order valence-electron chi connectivity index (χ2n) is 2.06. The van der Waals surface area contributed by atoms with Crippen LogP contribution in [0.1, 0.15) is 5.56 Å². The molecule has 0 amide bonds. The highest BCUT2D eigenvalue weighted by molar-refractivity contribution is 8.01. The van der Waals surface area contributed by atoms with E-state index in [1.165, 1.54) is 0 Å². The number of benzene rings is 1. The molecular weight excluding hydrogens is 176 g/mol. The quantitative estimate of drug-likeness (QED) is 0.676. The maximum Gasteiger partial charge on any atom is 0.0478 e. The summed E-state index contributed by atoms with van der Waals surface area (Å²) < 4.78 is 0. The fourth-order valence-electron chi connectivity index (χ4n) is 0.752. The molecule has 0 saturated carbocycles. The van der Waals surface area contributed by atoms with Gasteiger partial charge in [0.1, 0.15) is 0 Å². The average Bonchev–Trinajstić information content (AvgIpc) is 2.03. The van der Waals surface area contributed by atoms with Gasteiger partial charge in [-0.2, -0.15) is 0 Å². The van der Waals surface area contributed by atoms with Crippen LogP contribution in [0.2, 0.25) is 5.02 Å². The van der Waals surface area contributed by atoms with Crippen LogP contribution in [0.3, 0.4) is 0 Å². The van der Waals surface area contributed by atoms with Gasteiger partial charge in [-0.15, -0.1) is 11.8 Å². The summed E-state index contributed by atoms with van der Waals surface area (Å²) in [4.78, 5) is 0. The van der Waals surface area contributed by atoms with Crippen molar-refractivity contribution >= 4 is 29.4 Å². The fraction of sp³-hybridized carbons (Fsp3) is 0.111. The second kappa shape index (κ2) is 4.47. The zero-order chi connectivity index (χ0) is 8.10. The van der Waals surface area contributed by atoms with Gasteiger partial charge in [0.05, 0.1) is 0 Å². The summed E-state index contributed by atoms with van der Waals surface area (Å²) >= 11 is 7.57. The summed E-state index contributed by atoms with van der Waals surface area (Å²) in [6.07, 6.45) is 4.03. The summed E-state index contributed by atoms with van der Waals surface area (Å²) in [6, 6.07) is 7.79. The van der Waals surface area contributed by atoms with Crippen LogP contribution in [0.25, 0.3) is 6.08 Å². The van der Waals surface area contributed by atoms with Gasteiger partial charge in [-0.25, -0.2) is 0 Å². The number of rotatable bonds is 2. The van der Waals surface area contributed by atoms with Crippen LogP contribution in [0.4, 0.5) is 0 Å². The van der Waals surface area contributed by atoms with Crippen molar-refractivity contribution in [3.05, 3.63) is 40.3 Å². The Morgan fingerprint density at radius 3 is 2.73 bits per heavy atom. The molecule has 1 aromatic rings. The van der Waals surface area contributed by atoms with E-state index < -0.39 is 0 Å². The van der Waals surface area contributed by atoms with E-state index in [0.29, 0.717) is 0 Å². The lowest BCUT2D eigenvalue weighted by Gasteiger charge is -1.94. The normalized spacial score (nSPS) is 10.7. The topological polar surface area (TPSA) is 0 Å². The smallest absolute Gasteiger partial charge is 0.0478 e. The fourth-order valence-corrected chi connectivity index (χ4v) is 1.23. The van der Waals surface area contributed by atoms with Crippen molar-refractivity contribution in [2.45, 2.75) is 0 Å². The zero-order valence-electron chi connectivity index (χ0n) is 6.25. The van der Waals surface area contributed by atoms with Crippen LogP contribution in [0.15, 0.2) is 29.7 Å². The number of thioether (sulfide) groups is 1. The number of hydrogen-bond acceptors (Lipinski definition) is 1. The molecule has 1 aromatic carbocycles. The second-order valence-corrected chi connectivity index (χ2v) is 3.21. The third-order valence-corrected chi connectivity index (χ3v) is 2.04. The van der Waals surface area contributed by atoms with Gasteiger partial charge in [-0.05, 0) is 29.4 Å². The highest BCUT2D eigenvalue weighted by atomic mass is 35.5. The predicted molar refractivity (Wildman–Crippen MR) is 54.0 cm³/mol. The Kier molecular flexibility index (Phi) is 3.53. The lowest BCUT2D eigenvalue weighted by atomic mass is 10.2. The highest BCUT2D eigenvalue weighted by Crippen LogP contribution is 2.17. The van der Waals surface area contributed by atoms with Crippen LogP contribution in [0.5, 0.6) is 0 Å². The van der Waals surface area contributed by atoms with Gasteiger partial charge < -0.3 is 0 Å². The van der Waals surface area contributed by atoms with Crippen molar-refractivity contribution in [1.82, 2.24) is 0 Å². The molecule has 0 aliphatic carbocycles. The molecule has 0 aromatic heterocycles. The largest absolute Gasteiger partial charge is 0.138 e. The highest BCUT2D eigenvalue weighted by Gasteiger charge is 1.91. The summed E-state index contributed by atoms with van der Waals surface area (Å²) in [7, 11) is 0. The third-order valence-electron chi connectivity index (χ3n) is 1.29. The van der Waals surface area contributed by atoms with Gasteiger partial charge in [0.25, 0.3) is 0 Å². The summed E-state index contributed by atoms with van der Waals surface area (Å²) in [5, 5.41) is 2.82. The first-order valence-corrected chi connectivity index (χ1v) is 4.95. The van der Waals surface area contributed by atoms with Gasteiger partial charge in [-0.1, -0.05) is 29.8 Å². The van der Waals surface area contributed by atoms with Crippen molar-refractivity contribution < 1.29 is 0 Å². The van der Waals surface area contributed by atoms with Gasteiger partial charge in [0, 0.05) is 5.02 Å². The molecule has 1 rings (SSSR count). The van der Waals surface area contributed by atoms with Gasteiger partial charge in [-0.3, -0.25) is 0 Å².